The number of nitrogens with one attached hydrogen (secondary N) is 2. The van der Waals surface area contributed by atoms with Gasteiger partial charge in [0.25, 0.3) is 5.91 Å². The Balaban J connectivity index is 2.17. The molecule has 0 aromatic carbocycles. The van der Waals surface area contributed by atoms with Crippen molar-refractivity contribution >= 4 is 11.9 Å². The van der Waals surface area contributed by atoms with Crippen LogP contribution < -0.4 is 5.32 Å². The SMILES string of the molecule is Cc1[nH]c(C(=O)O)c(C)c1C(=O)NCc1ncon1. The number of rotatable bonds is 4. The van der Waals surface area contributed by atoms with Gasteiger partial charge in [-0.2, -0.15) is 4.98 Å². The second-order valence-electron chi connectivity index (χ2n) is 3.96. The van der Waals surface area contributed by atoms with Crippen LogP contribution in [0, 0.1) is 13.8 Å². The number of nitrogens with zero attached hydrogens (tertiary/aromatic N) is 2. The minimum Gasteiger partial charge on any atom is -0.477 e. The summed E-state index contributed by atoms with van der Waals surface area (Å²) in [7, 11) is 0. The first kappa shape index (κ1) is 12.8. The first-order valence-corrected chi connectivity index (χ1v) is 5.46. The highest BCUT2D eigenvalue weighted by Gasteiger charge is 2.21. The molecule has 0 saturated carbocycles. The van der Waals surface area contributed by atoms with Gasteiger partial charge in [-0.25, -0.2) is 4.79 Å². The molecule has 0 aliphatic rings. The summed E-state index contributed by atoms with van der Waals surface area (Å²) < 4.78 is 4.54. The van der Waals surface area contributed by atoms with Crippen LogP contribution >= 0.6 is 0 Å². The predicted molar refractivity (Wildman–Crippen MR) is 62.7 cm³/mol. The molecule has 2 aromatic heterocycles. The van der Waals surface area contributed by atoms with Crippen LogP contribution in [0.5, 0.6) is 0 Å². The molecule has 0 aliphatic heterocycles. The zero-order valence-corrected chi connectivity index (χ0v) is 10.4. The van der Waals surface area contributed by atoms with Crippen molar-refractivity contribution in [3.63, 3.8) is 0 Å². The number of aryl methyl sites for hydroxylation is 1. The largest absolute Gasteiger partial charge is 0.477 e. The van der Waals surface area contributed by atoms with Gasteiger partial charge in [0.15, 0.2) is 5.82 Å². The summed E-state index contributed by atoms with van der Waals surface area (Å²) in [6.07, 6.45) is 1.16. The third kappa shape index (κ3) is 2.46. The fourth-order valence-electron chi connectivity index (χ4n) is 1.82. The monoisotopic (exact) mass is 264 g/mol. The van der Waals surface area contributed by atoms with Gasteiger partial charge < -0.3 is 19.9 Å². The molecule has 0 fully saturated rings. The molecule has 8 nitrogen and oxygen atoms in total. The standard InChI is InChI=1S/C11H12N4O4/c1-5-8(6(2)14-9(5)11(17)18)10(16)12-3-7-13-4-19-15-7/h4,14H,3H2,1-2H3,(H,12,16)(H,17,18). The lowest BCUT2D eigenvalue weighted by Crippen LogP contribution is -2.24. The Hall–Kier alpha value is -2.64. The summed E-state index contributed by atoms with van der Waals surface area (Å²) in [6, 6.07) is 0. The van der Waals surface area contributed by atoms with Gasteiger partial charge >= 0.3 is 5.97 Å². The van der Waals surface area contributed by atoms with Gasteiger partial charge in [0, 0.05) is 5.69 Å². The van der Waals surface area contributed by atoms with Gasteiger partial charge in [0.05, 0.1) is 12.1 Å². The Bertz CT molecular complexity index is 615. The maximum atomic E-state index is 12.0. The molecule has 2 heterocycles. The summed E-state index contributed by atoms with van der Waals surface area (Å²) in [5, 5.41) is 15.1. The number of carboxylic acid groups (broad SMARTS) is 1. The number of hydrogen-bond acceptors (Lipinski definition) is 5. The Kier molecular flexibility index (Phi) is 3.32. The quantitative estimate of drug-likeness (QED) is 0.745. The second-order valence-corrected chi connectivity index (χ2v) is 3.96. The first-order valence-electron chi connectivity index (χ1n) is 5.46. The van der Waals surface area contributed by atoms with Crippen LogP contribution in [0.15, 0.2) is 10.9 Å². The maximum absolute atomic E-state index is 12.0. The number of aromatic carboxylic acids is 1. The maximum Gasteiger partial charge on any atom is 0.352 e. The highest BCUT2D eigenvalue weighted by molar-refractivity contribution is 6.00. The Morgan fingerprint density at radius 1 is 1.47 bits per heavy atom. The molecule has 0 radical (unpaired) electrons. The van der Waals surface area contributed by atoms with E-state index >= 15 is 0 Å². The molecular formula is C11H12N4O4. The van der Waals surface area contributed by atoms with Crippen LogP contribution in [0.2, 0.25) is 0 Å². The first-order chi connectivity index (χ1) is 9.00. The highest BCUT2D eigenvalue weighted by Crippen LogP contribution is 2.17. The summed E-state index contributed by atoms with van der Waals surface area (Å²) >= 11 is 0. The number of aromatic nitrogens is 3. The Morgan fingerprint density at radius 3 is 2.74 bits per heavy atom. The minimum absolute atomic E-state index is 0.0159. The average molecular weight is 264 g/mol. The lowest BCUT2D eigenvalue weighted by molar-refractivity contribution is 0.0690. The van der Waals surface area contributed by atoms with Crippen molar-refractivity contribution in [3.8, 4) is 0 Å². The van der Waals surface area contributed by atoms with E-state index in [1.807, 2.05) is 0 Å². The molecule has 100 valence electrons. The lowest BCUT2D eigenvalue weighted by Gasteiger charge is -2.03. The van der Waals surface area contributed by atoms with Gasteiger partial charge in [-0.1, -0.05) is 5.16 Å². The number of aromatic amines is 1. The highest BCUT2D eigenvalue weighted by atomic mass is 16.5. The number of carbonyl (C=O) groups excluding carboxylic acids is 1. The van der Waals surface area contributed by atoms with Gasteiger partial charge in [-0.05, 0) is 19.4 Å². The number of H-pyrrole nitrogens is 1. The van der Waals surface area contributed by atoms with Crippen molar-refractivity contribution in [3.05, 3.63) is 34.7 Å². The van der Waals surface area contributed by atoms with E-state index < -0.39 is 5.97 Å². The van der Waals surface area contributed by atoms with E-state index in [4.69, 9.17) is 5.11 Å². The fourth-order valence-corrected chi connectivity index (χ4v) is 1.82. The molecule has 2 aromatic rings. The molecule has 0 saturated heterocycles. The van der Waals surface area contributed by atoms with Crippen LogP contribution in [0.4, 0.5) is 0 Å². The van der Waals surface area contributed by atoms with Crippen LogP contribution in [0.25, 0.3) is 0 Å². The molecule has 2 rings (SSSR count). The molecule has 1 amide bonds. The summed E-state index contributed by atoms with van der Waals surface area (Å²) in [4.78, 5) is 29.4. The second kappa shape index (κ2) is 4.92. The van der Waals surface area contributed by atoms with Gasteiger partial charge in [0.2, 0.25) is 6.39 Å². The average Bonchev–Trinajstić information content (AvgIpc) is 2.94. The zero-order valence-electron chi connectivity index (χ0n) is 10.4. The number of hydrogen-bond donors (Lipinski definition) is 3. The van der Waals surface area contributed by atoms with Crippen LogP contribution in [0.1, 0.15) is 37.9 Å². The summed E-state index contributed by atoms with van der Waals surface area (Å²) in [6.45, 7) is 3.33. The normalized spacial score (nSPS) is 10.4. The Morgan fingerprint density at radius 2 is 2.21 bits per heavy atom. The van der Waals surface area contributed by atoms with E-state index in [0.29, 0.717) is 22.6 Å². The lowest BCUT2D eigenvalue weighted by atomic mass is 10.1. The molecule has 19 heavy (non-hydrogen) atoms. The van der Waals surface area contributed by atoms with Crippen LogP contribution in [0.3, 0.4) is 0 Å². The molecule has 0 bridgehead atoms. The molecule has 0 atom stereocenters. The van der Waals surface area contributed by atoms with E-state index in [9.17, 15) is 9.59 Å². The summed E-state index contributed by atoms with van der Waals surface area (Å²) in [5.41, 5.74) is 1.24. The van der Waals surface area contributed by atoms with Crippen molar-refractivity contribution in [2.24, 2.45) is 0 Å². The third-order valence-corrected chi connectivity index (χ3v) is 2.69. The smallest absolute Gasteiger partial charge is 0.352 e. The van der Waals surface area contributed by atoms with E-state index in [0.717, 1.165) is 6.39 Å². The van der Waals surface area contributed by atoms with Crippen molar-refractivity contribution in [2.45, 2.75) is 20.4 Å². The molecule has 3 N–H and O–H groups in total. The Labute approximate surface area is 107 Å². The summed E-state index contributed by atoms with van der Waals surface area (Å²) in [5.74, 6) is -1.14. The topological polar surface area (TPSA) is 121 Å². The van der Waals surface area contributed by atoms with Crippen LogP contribution in [-0.4, -0.2) is 32.1 Å². The number of amides is 1. The van der Waals surface area contributed by atoms with E-state index in [-0.39, 0.29) is 18.1 Å². The molecule has 0 aliphatic carbocycles. The molecule has 0 spiro atoms. The van der Waals surface area contributed by atoms with Gasteiger partial charge in [-0.3, -0.25) is 4.79 Å². The number of carboxylic acids is 1. The van der Waals surface area contributed by atoms with Crippen molar-refractivity contribution in [1.82, 2.24) is 20.4 Å². The van der Waals surface area contributed by atoms with E-state index in [1.54, 1.807) is 13.8 Å². The zero-order chi connectivity index (χ0) is 14.0. The predicted octanol–water partition coefficient (Wildman–Crippen LogP) is 0.643. The number of carbonyl (C=O) groups is 2. The van der Waals surface area contributed by atoms with Crippen LogP contribution in [-0.2, 0) is 6.54 Å². The van der Waals surface area contributed by atoms with Gasteiger partial charge in [0.1, 0.15) is 5.69 Å². The minimum atomic E-state index is -1.10. The molecule has 8 heteroatoms. The van der Waals surface area contributed by atoms with E-state index in [2.05, 4.69) is 25.0 Å². The third-order valence-electron chi connectivity index (χ3n) is 2.69. The van der Waals surface area contributed by atoms with Gasteiger partial charge in [-0.15, -0.1) is 0 Å². The van der Waals surface area contributed by atoms with Crippen molar-refractivity contribution in [2.75, 3.05) is 0 Å². The van der Waals surface area contributed by atoms with Crippen molar-refractivity contribution in [1.29, 1.82) is 0 Å². The fraction of sp³-hybridized carbons (Fsp3) is 0.273. The molecular weight excluding hydrogens is 252 g/mol. The van der Waals surface area contributed by atoms with E-state index in [1.165, 1.54) is 0 Å². The van der Waals surface area contributed by atoms with Crippen molar-refractivity contribution < 1.29 is 19.2 Å². The molecule has 0 unspecified atom stereocenters.